The van der Waals surface area contributed by atoms with Crippen LogP contribution in [0.1, 0.15) is 18.4 Å². The van der Waals surface area contributed by atoms with Gasteiger partial charge in [0.05, 0.1) is 0 Å². The molecule has 7 heteroatoms. The van der Waals surface area contributed by atoms with Gasteiger partial charge in [-0.3, -0.25) is 9.59 Å². The van der Waals surface area contributed by atoms with Gasteiger partial charge in [0, 0.05) is 23.3 Å². The number of fused-ring (bicyclic) bond motifs is 1. The van der Waals surface area contributed by atoms with Gasteiger partial charge < -0.3 is 20.1 Å². The third-order valence-electron chi connectivity index (χ3n) is 4.84. The average Bonchev–Trinajstić information content (AvgIpc) is 3.34. The van der Waals surface area contributed by atoms with Gasteiger partial charge in [-0.25, -0.2) is 0 Å². The van der Waals surface area contributed by atoms with Crippen LogP contribution in [-0.2, 0) is 16.0 Å². The van der Waals surface area contributed by atoms with Crippen molar-refractivity contribution in [3.05, 3.63) is 53.1 Å². The number of nitrogens with one attached hydrogen (secondary N) is 2. The summed E-state index contributed by atoms with van der Waals surface area (Å²) in [4.78, 5) is 25.2. The predicted molar refractivity (Wildman–Crippen MR) is 101 cm³/mol. The van der Waals surface area contributed by atoms with Crippen molar-refractivity contribution in [1.82, 2.24) is 5.32 Å². The van der Waals surface area contributed by atoms with Crippen molar-refractivity contribution in [3.63, 3.8) is 0 Å². The molecule has 0 bridgehead atoms. The van der Waals surface area contributed by atoms with Gasteiger partial charge >= 0.3 is 0 Å². The van der Waals surface area contributed by atoms with E-state index >= 15 is 0 Å². The average molecular weight is 387 g/mol. The molecule has 2 aromatic carbocycles. The van der Waals surface area contributed by atoms with Crippen LogP contribution < -0.4 is 20.1 Å². The van der Waals surface area contributed by atoms with Crippen LogP contribution in [0, 0.1) is 5.41 Å². The zero-order chi connectivity index (χ0) is 18.9. The summed E-state index contributed by atoms with van der Waals surface area (Å²) in [7, 11) is 0. The van der Waals surface area contributed by atoms with Gasteiger partial charge in [-0.1, -0.05) is 23.7 Å². The molecule has 0 aromatic heterocycles. The van der Waals surface area contributed by atoms with E-state index in [1.807, 2.05) is 24.3 Å². The van der Waals surface area contributed by atoms with Crippen molar-refractivity contribution in [3.8, 4) is 11.5 Å². The van der Waals surface area contributed by atoms with E-state index < -0.39 is 5.41 Å². The molecule has 1 saturated carbocycles. The second kappa shape index (κ2) is 7.12. The molecule has 2 amide bonds. The largest absolute Gasteiger partial charge is 0.454 e. The molecule has 2 aromatic rings. The Balaban J connectivity index is 1.33. The second-order valence-corrected chi connectivity index (χ2v) is 7.18. The minimum absolute atomic E-state index is 0.172. The summed E-state index contributed by atoms with van der Waals surface area (Å²) in [5.74, 6) is 0.709. The number of carbonyl (C=O) groups is 2. The molecule has 0 radical (unpaired) electrons. The van der Waals surface area contributed by atoms with Crippen LogP contribution in [0.4, 0.5) is 5.69 Å². The highest BCUT2D eigenvalue weighted by atomic mass is 35.5. The first-order valence-corrected chi connectivity index (χ1v) is 9.18. The molecule has 140 valence electrons. The van der Waals surface area contributed by atoms with E-state index in [-0.39, 0.29) is 18.6 Å². The minimum Gasteiger partial charge on any atom is -0.454 e. The molecule has 2 N–H and O–H groups in total. The Labute approximate surface area is 161 Å². The van der Waals surface area contributed by atoms with Crippen LogP contribution in [0.3, 0.4) is 0 Å². The van der Waals surface area contributed by atoms with Gasteiger partial charge in [-0.05, 0) is 49.1 Å². The first-order chi connectivity index (χ1) is 13.1. The number of rotatable bonds is 6. The van der Waals surface area contributed by atoms with E-state index in [2.05, 4.69) is 10.6 Å². The summed E-state index contributed by atoms with van der Waals surface area (Å²) in [5.41, 5.74) is 0.643. The zero-order valence-electron chi connectivity index (χ0n) is 14.6. The number of anilines is 1. The van der Waals surface area contributed by atoms with E-state index in [4.69, 9.17) is 21.1 Å². The number of amides is 2. The third-order valence-corrected chi connectivity index (χ3v) is 5.07. The van der Waals surface area contributed by atoms with Crippen molar-refractivity contribution in [2.75, 3.05) is 18.7 Å². The molecule has 27 heavy (non-hydrogen) atoms. The number of hydrogen-bond acceptors (Lipinski definition) is 4. The summed E-state index contributed by atoms with van der Waals surface area (Å²) in [6.07, 6.45) is 1.75. The van der Waals surface area contributed by atoms with Crippen molar-refractivity contribution in [1.29, 1.82) is 0 Å². The lowest BCUT2D eigenvalue weighted by Crippen LogP contribution is -2.40. The smallest absolute Gasteiger partial charge is 0.240 e. The molecule has 1 aliphatic carbocycles. The van der Waals surface area contributed by atoms with Crippen molar-refractivity contribution in [2.24, 2.45) is 5.41 Å². The highest BCUT2D eigenvalue weighted by Crippen LogP contribution is 2.47. The summed E-state index contributed by atoms with van der Waals surface area (Å²) >= 11 is 5.97. The van der Waals surface area contributed by atoms with Crippen LogP contribution >= 0.6 is 11.6 Å². The molecular weight excluding hydrogens is 368 g/mol. The number of benzene rings is 2. The molecule has 1 fully saturated rings. The summed E-state index contributed by atoms with van der Waals surface area (Å²) in [5, 5.41) is 6.36. The fraction of sp³-hybridized carbons (Fsp3) is 0.300. The van der Waals surface area contributed by atoms with Gasteiger partial charge in [0.1, 0.15) is 5.41 Å². The topological polar surface area (TPSA) is 76.7 Å². The van der Waals surface area contributed by atoms with Crippen LogP contribution in [0.2, 0.25) is 5.02 Å². The fourth-order valence-electron chi connectivity index (χ4n) is 3.09. The van der Waals surface area contributed by atoms with Crippen LogP contribution in [0.15, 0.2) is 42.5 Å². The molecule has 1 aliphatic heterocycles. The Morgan fingerprint density at radius 3 is 2.63 bits per heavy atom. The van der Waals surface area contributed by atoms with Crippen molar-refractivity contribution < 1.29 is 19.1 Å². The maximum absolute atomic E-state index is 12.7. The maximum Gasteiger partial charge on any atom is 0.240 e. The number of hydrogen-bond donors (Lipinski definition) is 2. The Hall–Kier alpha value is -2.73. The van der Waals surface area contributed by atoms with E-state index in [1.165, 1.54) is 0 Å². The molecule has 6 nitrogen and oxygen atoms in total. The molecule has 1 heterocycles. The van der Waals surface area contributed by atoms with Gasteiger partial charge in [-0.2, -0.15) is 0 Å². The first-order valence-electron chi connectivity index (χ1n) is 8.81. The van der Waals surface area contributed by atoms with Gasteiger partial charge in [-0.15, -0.1) is 0 Å². The Kier molecular flexibility index (Phi) is 4.66. The van der Waals surface area contributed by atoms with Crippen LogP contribution in [0.25, 0.3) is 0 Å². The van der Waals surface area contributed by atoms with Gasteiger partial charge in [0.25, 0.3) is 0 Å². The lowest BCUT2D eigenvalue weighted by molar-refractivity contribution is -0.134. The Morgan fingerprint density at radius 2 is 1.85 bits per heavy atom. The summed E-state index contributed by atoms with van der Waals surface area (Å²) in [6, 6.07) is 12.7. The second-order valence-electron chi connectivity index (χ2n) is 6.74. The molecule has 0 spiro atoms. The highest BCUT2D eigenvalue weighted by Gasteiger charge is 2.56. The number of carbonyl (C=O) groups excluding carboxylic acids is 2. The standard InChI is InChI=1S/C20H19ClN2O4/c21-14-3-1-2-13(10-14)6-9-22-18(24)20(7-8-20)19(25)23-15-4-5-16-17(11-15)27-12-26-16/h1-5,10-11H,6-9,12H2,(H,22,24)(H,23,25). The number of ether oxygens (including phenoxy) is 2. The molecule has 0 atom stereocenters. The monoisotopic (exact) mass is 386 g/mol. The van der Waals surface area contributed by atoms with Crippen molar-refractivity contribution in [2.45, 2.75) is 19.3 Å². The third kappa shape index (κ3) is 3.71. The lowest BCUT2D eigenvalue weighted by Gasteiger charge is -2.15. The minimum atomic E-state index is -0.981. The van der Waals surface area contributed by atoms with Crippen molar-refractivity contribution >= 4 is 29.1 Å². The molecule has 2 aliphatic rings. The Bertz CT molecular complexity index is 895. The lowest BCUT2D eigenvalue weighted by atomic mass is 10.0. The molecule has 0 saturated heterocycles. The first kappa shape index (κ1) is 17.7. The van der Waals surface area contributed by atoms with E-state index in [0.717, 1.165) is 5.56 Å². The number of halogens is 1. The summed E-state index contributed by atoms with van der Waals surface area (Å²) < 4.78 is 10.6. The van der Waals surface area contributed by atoms with Gasteiger partial charge in [0.2, 0.25) is 18.6 Å². The summed E-state index contributed by atoms with van der Waals surface area (Å²) in [6.45, 7) is 0.629. The highest BCUT2D eigenvalue weighted by molar-refractivity contribution is 6.30. The normalized spacial score (nSPS) is 15.9. The quantitative estimate of drug-likeness (QED) is 0.748. The predicted octanol–water partition coefficient (Wildman–Crippen LogP) is 3.15. The Morgan fingerprint density at radius 1 is 1.04 bits per heavy atom. The molecular formula is C20H19ClN2O4. The van der Waals surface area contributed by atoms with E-state index in [9.17, 15) is 9.59 Å². The SMILES string of the molecule is O=C(NCCc1cccc(Cl)c1)C1(C(=O)Nc2ccc3c(c2)OCO3)CC1. The van der Waals surface area contributed by atoms with E-state index in [0.29, 0.717) is 48.0 Å². The van der Waals surface area contributed by atoms with Gasteiger partial charge in [0.15, 0.2) is 11.5 Å². The fourth-order valence-corrected chi connectivity index (χ4v) is 3.30. The molecule has 4 rings (SSSR count). The van der Waals surface area contributed by atoms with E-state index in [1.54, 1.807) is 18.2 Å². The molecule has 0 unspecified atom stereocenters. The van der Waals surface area contributed by atoms with Crippen LogP contribution in [0.5, 0.6) is 11.5 Å². The maximum atomic E-state index is 12.7. The van der Waals surface area contributed by atoms with Crippen LogP contribution in [-0.4, -0.2) is 25.2 Å². The zero-order valence-corrected chi connectivity index (χ0v) is 15.3.